The molecule has 0 aliphatic rings. The van der Waals surface area contributed by atoms with E-state index in [9.17, 15) is 4.79 Å². The Kier molecular flexibility index (Phi) is 3.01. The van der Waals surface area contributed by atoms with Crippen molar-refractivity contribution in [2.45, 2.75) is 0 Å². The fraction of sp³-hybridized carbons (Fsp3) is 0.0909. The third-order valence-corrected chi connectivity index (χ3v) is 2.35. The first-order chi connectivity index (χ1) is 8.10. The molecule has 0 fully saturated rings. The molecule has 0 aliphatic heterocycles. The Morgan fingerprint density at radius 2 is 2.18 bits per heavy atom. The normalized spacial score (nSPS) is 10.2. The van der Waals surface area contributed by atoms with Gasteiger partial charge in [0.1, 0.15) is 10.9 Å². The van der Waals surface area contributed by atoms with E-state index in [0.717, 1.165) is 0 Å². The van der Waals surface area contributed by atoms with Gasteiger partial charge in [0.05, 0.1) is 7.11 Å². The molecule has 0 unspecified atom stereocenters. The molecule has 88 valence electrons. The van der Waals surface area contributed by atoms with Crippen LogP contribution in [0.1, 0.15) is 0 Å². The van der Waals surface area contributed by atoms with Crippen LogP contribution in [0.15, 0.2) is 24.3 Å². The van der Waals surface area contributed by atoms with Crippen LogP contribution in [0.25, 0.3) is 10.8 Å². The van der Waals surface area contributed by atoms with Crippen molar-refractivity contribution in [1.29, 1.82) is 0 Å². The summed E-state index contributed by atoms with van der Waals surface area (Å²) in [5.74, 6) is 0.601. The van der Waals surface area contributed by atoms with Crippen molar-refractivity contribution in [3.8, 4) is 11.6 Å². The zero-order chi connectivity index (χ0) is 12.4. The second-order valence-electron chi connectivity index (χ2n) is 3.21. The lowest BCUT2D eigenvalue weighted by atomic mass is 10.1. The van der Waals surface area contributed by atoms with Crippen molar-refractivity contribution in [3.63, 3.8) is 0 Å². The van der Waals surface area contributed by atoms with Crippen molar-refractivity contribution in [2.24, 2.45) is 0 Å². The highest BCUT2D eigenvalue weighted by molar-refractivity contribution is 6.30. The first-order valence-corrected chi connectivity index (χ1v) is 5.03. The van der Waals surface area contributed by atoms with Crippen molar-refractivity contribution in [3.05, 3.63) is 29.4 Å². The van der Waals surface area contributed by atoms with Gasteiger partial charge in [0.15, 0.2) is 0 Å². The van der Waals surface area contributed by atoms with E-state index in [1.54, 1.807) is 31.4 Å². The first kappa shape index (κ1) is 11.5. The van der Waals surface area contributed by atoms with Gasteiger partial charge in [0.2, 0.25) is 5.88 Å². The van der Waals surface area contributed by atoms with Gasteiger partial charge in [-0.1, -0.05) is 11.6 Å². The third kappa shape index (κ3) is 2.39. The summed E-state index contributed by atoms with van der Waals surface area (Å²) in [4.78, 5) is 14.3. The molecule has 1 N–H and O–H groups in total. The van der Waals surface area contributed by atoms with Gasteiger partial charge in [-0.25, -0.2) is 9.78 Å². The van der Waals surface area contributed by atoms with E-state index in [1.165, 1.54) is 0 Å². The average molecular weight is 254 g/mol. The number of carbonyl (C=O) groups is 1. The highest BCUT2D eigenvalue weighted by Crippen LogP contribution is 2.29. The summed E-state index contributed by atoms with van der Waals surface area (Å²) in [5, 5.41) is 9.99. The molecule has 0 spiro atoms. The maximum Gasteiger partial charge on any atom is 0.512 e. The van der Waals surface area contributed by atoms with E-state index in [-0.39, 0.29) is 11.0 Å². The molecule has 2 rings (SSSR count). The average Bonchev–Trinajstić information content (AvgIpc) is 2.27. The van der Waals surface area contributed by atoms with E-state index in [4.69, 9.17) is 21.4 Å². The molecule has 1 aromatic heterocycles. The maximum atomic E-state index is 10.5. The van der Waals surface area contributed by atoms with Crippen LogP contribution in [0.5, 0.6) is 11.6 Å². The van der Waals surface area contributed by atoms with Crippen LogP contribution >= 0.6 is 11.6 Å². The van der Waals surface area contributed by atoms with Gasteiger partial charge in [0, 0.05) is 5.39 Å². The Bertz CT molecular complexity index is 585. The Balaban J connectivity index is 2.63. The summed E-state index contributed by atoms with van der Waals surface area (Å²) >= 11 is 5.78. The molecular weight excluding hydrogens is 246 g/mol. The molecule has 6 heteroatoms. The lowest BCUT2D eigenvalue weighted by Crippen LogP contribution is -2.05. The number of halogens is 1. The highest BCUT2D eigenvalue weighted by Gasteiger charge is 2.10. The number of fused-ring (bicyclic) bond motifs is 1. The Morgan fingerprint density at radius 1 is 1.41 bits per heavy atom. The predicted octanol–water partition coefficient (Wildman–Crippen LogP) is 2.95. The summed E-state index contributed by atoms with van der Waals surface area (Å²) in [7, 11) is 1.54. The quantitative estimate of drug-likeness (QED) is 0.658. The van der Waals surface area contributed by atoms with Crippen LogP contribution in [-0.2, 0) is 0 Å². The lowest BCUT2D eigenvalue weighted by Gasteiger charge is -2.06. The Hall–Kier alpha value is -2.01. The standard InChI is InChI=1S/C11H8ClNO4/c1-16-7-2-3-8-6(4-7)5-9(12)13-10(8)17-11(14)15/h2-5H,1H3,(H,14,15). The van der Waals surface area contributed by atoms with Crippen LogP contribution in [0, 0.1) is 0 Å². The number of nitrogens with zero attached hydrogens (tertiary/aromatic N) is 1. The highest BCUT2D eigenvalue weighted by atomic mass is 35.5. The van der Waals surface area contributed by atoms with Crippen molar-refractivity contribution in [2.75, 3.05) is 7.11 Å². The smallest absolute Gasteiger partial charge is 0.497 e. The van der Waals surface area contributed by atoms with Crippen LogP contribution in [-0.4, -0.2) is 23.4 Å². The zero-order valence-electron chi connectivity index (χ0n) is 8.81. The maximum absolute atomic E-state index is 10.5. The molecule has 1 aromatic carbocycles. The molecule has 0 saturated heterocycles. The van der Waals surface area contributed by atoms with E-state index in [2.05, 4.69) is 9.72 Å². The Morgan fingerprint density at radius 3 is 2.82 bits per heavy atom. The van der Waals surface area contributed by atoms with Gasteiger partial charge in [-0.3, -0.25) is 0 Å². The number of hydrogen-bond donors (Lipinski definition) is 1. The SMILES string of the molecule is COc1ccc2c(OC(=O)O)nc(Cl)cc2c1. The van der Waals surface area contributed by atoms with E-state index >= 15 is 0 Å². The van der Waals surface area contributed by atoms with Crippen LogP contribution < -0.4 is 9.47 Å². The zero-order valence-corrected chi connectivity index (χ0v) is 9.56. The van der Waals surface area contributed by atoms with Crippen LogP contribution in [0.2, 0.25) is 5.15 Å². The number of aromatic nitrogens is 1. The monoisotopic (exact) mass is 253 g/mol. The second-order valence-corrected chi connectivity index (χ2v) is 3.59. The number of methoxy groups -OCH3 is 1. The fourth-order valence-electron chi connectivity index (χ4n) is 1.46. The number of pyridine rings is 1. The summed E-state index contributed by atoms with van der Waals surface area (Å²) in [5.41, 5.74) is 0. The number of hydrogen-bond acceptors (Lipinski definition) is 4. The first-order valence-electron chi connectivity index (χ1n) is 4.65. The molecule has 0 saturated carbocycles. The molecule has 1 heterocycles. The number of benzene rings is 1. The minimum Gasteiger partial charge on any atom is -0.497 e. The number of ether oxygens (including phenoxy) is 2. The molecule has 17 heavy (non-hydrogen) atoms. The van der Waals surface area contributed by atoms with E-state index in [0.29, 0.717) is 16.5 Å². The van der Waals surface area contributed by atoms with Gasteiger partial charge in [-0.2, -0.15) is 0 Å². The molecule has 0 amide bonds. The molecule has 5 nitrogen and oxygen atoms in total. The van der Waals surface area contributed by atoms with E-state index in [1.807, 2.05) is 0 Å². The predicted molar refractivity (Wildman–Crippen MR) is 62.0 cm³/mol. The molecule has 0 atom stereocenters. The van der Waals surface area contributed by atoms with Gasteiger partial charge >= 0.3 is 6.16 Å². The van der Waals surface area contributed by atoms with E-state index < -0.39 is 6.16 Å². The van der Waals surface area contributed by atoms with Gasteiger partial charge < -0.3 is 14.6 Å². The Labute approximate surface area is 102 Å². The van der Waals surface area contributed by atoms with Gasteiger partial charge in [-0.05, 0) is 29.7 Å². The van der Waals surface area contributed by atoms with Crippen LogP contribution in [0.4, 0.5) is 4.79 Å². The molecular formula is C11H8ClNO4. The molecule has 0 bridgehead atoms. The number of rotatable bonds is 2. The van der Waals surface area contributed by atoms with Crippen molar-refractivity contribution < 1.29 is 19.4 Å². The van der Waals surface area contributed by atoms with Crippen LogP contribution in [0.3, 0.4) is 0 Å². The summed E-state index contributed by atoms with van der Waals surface area (Å²) in [6.45, 7) is 0. The molecule has 0 radical (unpaired) electrons. The van der Waals surface area contributed by atoms with Gasteiger partial charge in [-0.15, -0.1) is 0 Å². The molecule has 2 aromatic rings. The molecule has 0 aliphatic carbocycles. The van der Waals surface area contributed by atoms with Gasteiger partial charge in [0.25, 0.3) is 0 Å². The fourth-order valence-corrected chi connectivity index (χ4v) is 1.65. The summed E-state index contributed by atoms with van der Waals surface area (Å²) in [6, 6.07) is 6.67. The largest absolute Gasteiger partial charge is 0.512 e. The third-order valence-electron chi connectivity index (χ3n) is 2.16. The number of carboxylic acid groups (broad SMARTS) is 1. The minimum atomic E-state index is -1.43. The minimum absolute atomic E-state index is 0.0392. The lowest BCUT2D eigenvalue weighted by molar-refractivity contribution is 0.143. The van der Waals surface area contributed by atoms with Crippen molar-refractivity contribution in [1.82, 2.24) is 4.98 Å². The topological polar surface area (TPSA) is 68.7 Å². The van der Waals surface area contributed by atoms with Crippen molar-refractivity contribution >= 4 is 28.5 Å². The summed E-state index contributed by atoms with van der Waals surface area (Å²) in [6.07, 6.45) is -1.43. The second kappa shape index (κ2) is 4.47. The summed E-state index contributed by atoms with van der Waals surface area (Å²) < 4.78 is 9.62.